The molecule has 0 aliphatic heterocycles. The van der Waals surface area contributed by atoms with Gasteiger partial charge in [-0.25, -0.2) is 9.07 Å². The van der Waals surface area contributed by atoms with E-state index < -0.39 is 5.82 Å². The van der Waals surface area contributed by atoms with Crippen molar-refractivity contribution in [1.82, 2.24) is 20.2 Å². The molecule has 0 saturated heterocycles. The summed E-state index contributed by atoms with van der Waals surface area (Å²) in [6.07, 6.45) is 0. The maximum atomic E-state index is 13.5. The number of aromatic nitrogens is 4. The van der Waals surface area contributed by atoms with E-state index in [2.05, 4.69) is 20.8 Å². The highest BCUT2D eigenvalue weighted by Gasteiger charge is 2.10. The maximum absolute atomic E-state index is 13.5. The lowest BCUT2D eigenvalue weighted by atomic mass is 10.2. The molecule has 1 amide bonds. The fourth-order valence-electron chi connectivity index (χ4n) is 1.38. The van der Waals surface area contributed by atoms with Crippen LogP contribution in [0, 0.1) is 12.7 Å². The normalized spacial score (nSPS) is 10.5. The standard InChI is InChI=1S/C11H12FN5OS/c1-7-3-4-9(8(12)5-7)13-10(18)6-19-11-14-15-16-17(11)2/h3-5H,6H2,1-2H3,(H,13,18). The number of carbonyl (C=O) groups excluding carboxylic acids is 1. The summed E-state index contributed by atoms with van der Waals surface area (Å²) >= 11 is 1.18. The van der Waals surface area contributed by atoms with Crippen LogP contribution in [-0.4, -0.2) is 31.9 Å². The van der Waals surface area contributed by atoms with Gasteiger partial charge in [-0.15, -0.1) is 5.10 Å². The van der Waals surface area contributed by atoms with E-state index in [1.165, 1.54) is 28.6 Å². The number of thioether (sulfide) groups is 1. The summed E-state index contributed by atoms with van der Waals surface area (Å²) < 4.78 is 15.0. The second-order valence-electron chi connectivity index (χ2n) is 3.91. The zero-order valence-corrected chi connectivity index (χ0v) is 11.2. The molecule has 19 heavy (non-hydrogen) atoms. The van der Waals surface area contributed by atoms with Crippen LogP contribution < -0.4 is 5.32 Å². The van der Waals surface area contributed by atoms with Gasteiger partial charge >= 0.3 is 0 Å². The van der Waals surface area contributed by atoms with E-state index in [1.807, 2.05) is 0 Å². The van der Waals surface area contributed by atoms with Gasteiger partial charge in [0.1, 0.15) is 5.82 Å². The molecule has 1 N–H and O–H groups in total. The van der Waals surface area contributed by atoms with Crippen LogP contribution in [0.3, 0.4) is 0 Å². The summed E-state index contributed by atoms with van der Waals surface area (Å²) in [5, 5.41) is 13.9. The van der Waals surface area contributed by atoms with E-state index in [1.54, 1.807) is 20.0 Å². The molecule has 1 aromatic carbocycles. The molecule has 2 aromatic rings. The third-order valence-corrected chi connectivity index (χ3v) is 3.32. The Morgan fingerprint density at radius 1 is 1.53 bits per heavy atom. The number of halogens is 1. The van der Waals surface area contributed by atoms with Gasteiger partial charge in [-0.2, -0.15) is 0 Å². The summed E-state index contributed by atoms with van der Waals surface area (Å²) in [6, 6.07) is 4.64. The Labute approximate surface area is 113 Å². The van der Waals surface area contributed by atoms with Gasteiger partial charge in [-0.05, 0) is 35.0 Å². The Balaban J connectivity index is 1.93. The van der Waals surface area contributed by atoms with Gasteiger partial charge in [0.2, 0.25) is 11.1 Å². The van der Waals surface area contributed by atoms with Crippen LogP contribution in [0.1, 0.15) is 5.56 Å². The molecule has 0 spiro atoms. The smallest absolute Gasteiger partial charge is 0.234 e. The molecular formula is C11H12FN5OS. The van der Waals surface area contributed by atoms with Crippen molar-refractivity contribution in [3.63, 3.8) is 0 Å². The Morgan fingerprint density at radius 2 is 2.32 bits per heavy atom. The molecule has 2 rings (SSSR count). The second-order valence-corrected chi connectivity index (χ2v) is 4.85. The van der Waals surface area contributed by atoms with Gasteiger partial charge in [-0.3, -0.25) is 4.79 Å². The van der Waals surface area contributed by atoms with E-state index in [-0.39, 0.29) is 17.3 Å². The topological polar surface area (TPSA) is 72.7 Å². The lowest BCUT2D eigenvalue weighted by Gasteiger charge is -2.06. The number of nitrogens with zero attached hydrogens (tertiary/aromatic N) is 4. The molecule has 8 heteroatoms. The van der Waals surface area contributed by atoms with Gasteiger partial charge < -0.3 is 5.32 Å². The Kier molecular flexibility index (Phi) is 4.10. The summed E-state index contributed by atoms with van der Waals surface area (Å²) in [7, 11) is 1.68. The molecule has 0 fully saturated rings. The molecule has 0 aliphatic carbocycles. The van der Waals surface area contributed by atoms with Crippen molar-refractivity contribution in [1.29, 1.82) is 0 Å². The number of nitrogens with one attached hydrogen (secondary N) is 1. The lowest BCUT2D eigenvalue weighted by molar-refractivity contribution is -0.113. The minimum atomic E-state index is -0.446. The van der Waals surface area contributed by atoms with Gasteiger partial charge in [0.05, 0.1) is 11.4 Å². The van der Waals surface area contributed by atoms with Crippen LogP contribution in [0.15, 0.2) is 23.4 Å². The Hall–Kier alpha value is -1.96. The van der Waals surface area contributed by atoms with E-state index in [0.29, 0.717) is 5.16 Å². The van der Waals surface area contributed by atoms with E-state index in [0.717, 1.165) is 5.56 Å². The largest absolute Gasteiger partial charge is 0.323 e. The molecule has 0 aliphatic rings. The molecular weight excluding hydrogens is 269 g/mol. The summed E-state index contributed by atoms with van der Waals surface area (Å²) in [5.41, 5.74) is 0.974. The van der Waals surface area contributed by atoms with Crippen LogP contribution in [0.4, 0.5) is 10.1 Å². The van der Waals surface area contributed by atoms with Gasteiger partial charge in [0, 0.05) is 7.05 Å². The number of carbonyl (C=O) groups is 1. The van der Waals surface area contributed by atoms with Crippen LogP contribution in [0.25, 0.3) is 0 Å². The highest BCUT2D eigenvalue weighted by Crippen LogP contribution is 2.17. The van der Waals surface area contributed by atoms with Gasteiger partial charge in [-0.1, -0.05) is 17.8 Å². The third kappa shape index (κ3) is 3.50. The fraction of sp³-hybridized carbons (Fsp3) is 0.273. The summed E-state index contributed by atoms with van der Waals surface area (Å²) in [5.74, 6) is -0.643. The van der Waals surface area contributed by atoms with Crippen molar-refractivity contribution in [3.05, 3.63) is 29.6 Å². The van der Waals surface area contributed by atoms with Crippen molar-refractivity contribution >= 4 is 23.4 Å². The maximum Gasteiger partial charge on any atom is 0.234 e. The number of amides is 1. The number of tetrazole rings is 1. The predicted molar refractivity (Wildman–Crippen MR) is 69.3 cm³/mol. The summed E-state index contributed by atoms with van der Waals surface area (Å²) in [4.78, 5) is 11.7. The minimum absolute atomic E-state index is 0.113. The Bertz CT molecular complexity index is 601. The van der Waals surface area contributed by atoms with E-state index in [4.69, 9.17) is 0 Å². The van der Waals surface area contributed by atoms with Crippen molar-refractivity contribution in [2.24, 2.45) is 7.05 Å². The van der Waals surface area contributed by atoms with E-state index >= 15 is 0 Å². The number of hydrogen-bond donors (Lipinski definition) is 1. The fourth-order valence-corrected chi connectivity index (χ4v) is 2.03. The first-order chi connectivity index (χ1) is 9.06. The molecule has 0 radical (unpaired) electrons. The SMILES string of the molecule is Cc1ccc(NC(=O)CSc2nnnn2C)c(F)c1. The molecule has 100 valence electrons. The molecule has 0 bridgehead atoms. The predicted octanol–water partition coefficient (Wildman–Crippen LogP) is 1.39. The molecule has 6 nitrogen and oxygen atoms in total. The first-order valence-corrected chi connectivity index (χ1v) is 6.46. The molecule has 1 aromatic heterocycles. The highest BCUT2D eigenvalue weighted by molar-refractivity contribution is 7.99. The van der Waals surface area contributed by atoms with E-state index in [9.17, 15) is 9.18 Å². The average molecular weight is 281 g/mol. The van der Waals surface area contributed by atoms with Crippen LogP contribution >= 0.6 is 11.8 Å². The first kappa shape index (κ1) is 13.5. The summed E-state index contributed by atoms with van der Waals surface area (Å²) in [6.45, 7) is 1.78. The zero-order valence-electron chi connectivity index (χ0n) is 10.4. The Morgan fingerprint density at radius 3 is 2.95 bits per heavy atom. The van der Waals surface area contributed by atoms with Crippen molar-refractivity contribution < 1.29 is 9.18 Å². The third-order valence-electron chi connectivity index (χ3n) is 2.31. The van der Waals surface area contributed by atoms with Crippen molar-refractivity contribution in [3.8, 4) is 0 Å². The van der Waals surface area contributed by atoms with Crippen LogP contribution in [0.5, 0.6) is 0 Å². The van der Waals surface area contributed by atoms with Crippen LogP contribution in [0.2, 0.25) is 0 Å². The number of benzene rings is 1. The average Bonchev–Trinajstić information content (AvgIpc) is 2.76. The molecule has 0 atom stereocenters. The van der Waals surface area contributed by atoms with Gasteiger partial charge in [0.25, 0.3) is 0 Å². The lowest BCUT2D eigenvalue weighted by Crippen LogP contribution is -2.15. The highest BCUT2D eigenvalue weighted by atomic mass is 32.2. The number of hydrogen-bond acceptors (Lipinski definition) is 5. The first-order valence-electron chi connectivity index (χ1n) is 5.47. The van der Waals surface area contributed by atoms with Crippen LogP contribution in [-0.2, 0) is 11.8 Å². The molecule has 1 heterocycles. The van der Waals surface area contributed by atoms with Crippen molar-refractivity contribution in [2.45, 2.75) is 12.1 Å². The number of anilines is 1. The van der Waals surface area contributed by atoms with Crippen molar-refractivity contribution in [2.75, 3.05) is 11.1 Å². The quantitative estimate of drug-likeness (QED) is 0.857. The monoisotopic (exact) mass is 281 g/mol. The second kappa shape index (κ2) is 5.79. The number of rotatable bonds is 4. The number of aryl methyl sites for hydroxylation is 2. The van der Waals surface area contributed by atoms with Gasteiger partial charge in [0.15, 0.2) is 0 Å². The molecule has 0 unspecified atom stereocenters. The zero-order chi connectivity index (χ0) is 13.8. The minimum Gasteiger partial charge on any atom is -0.323 e. The molecule has 0 saturated carbocycles.